The number of benzene rings is 1. The number of aliphatic hydroxyl groups is 1. The zero-order valence-corrected chi connectivity index (χ0v) is 11.7. The first kappa shape index (κ1) is 16.5. The standard InChI is InChI=1S/C11H15N2O6P/c1-20(12,18)19-11(6-10(15)7-14)8-2-4-9(5-3-8)13(16)17/h2-5,11,14H,6-7H2,1H3,(H2,12,18). The molecular formula is C11H15N2O6P. The van der Waals surface area contributed by atoms with Gasteiger partial charge in [-0.3, -0.25) is 25.0 Å². The fraction of sp³-hybridized carbons (Fsp3) is 0.364. The molecule has 0 aliphatic carbocycles. The maximum Gasteiger partial charge on any atom is 0.269 e. The molecule has 1 aromatic carbocycles. The van der Waals surface area contributed by atoms with E-state index in [1.54, 1.807) is 0 Å². The van der Waals surface area contributed by atoms with Crippen LogP contribution in [-0.4, -0.2) is 29.1 Å². The van der Waals surface area contributed by atoms with Crippen molar-refractivity contribution >= 4 is 19.0 Å². The fourth-order valence-corrected chi connectivity index (χ4v) is 2.25. The summed E-state index contributed by atoms with van der Waals surface area (Å²) in [6.45, 7) is 0.514. The predicted octanol–water partition coefficient (Wildman–Crippen LogP) is 1.39. The lowest BCUT2D eigenvalue weighted by Crippen LogP contribution is -2.14. The van der Waals surface area contributed by atoms with Crippen molar-refractivity contribution in [2.45, 2.75) is 12.5 Å². The van der Waals surface area contributed by atoms with Crippen LogP contribution in [0.3, 0.4) is 0 Å². The molecule has 20 heavy (non-hydrogen) atoms. The number of hydrogen-bond donors (Lipinski definition) is 2. The van der Waals surface area contributed by atoms with E-state index in [9.17, 15) is 19.5 Å². The number of rotatable bonds is 7. The lowest BCUT2D eigenvalue weighted by molar-refractivity contribution is -0.384. The third-order valence-corrected chi connectivity index (χ3v) is 3.07. The number of aliphatic hydroxyl groups excluding tert-OH is 1. The molecule has 0 amide bonds. The molecule has 2 unspecified atom stereocenters. The quantitative estimate of drug-likeness (QED) is 0.441. The maximum atomic E-state index is 11.5. The van der Waals surface area contributed by atoms with Crippen LogP contribution in [0.5, 0.6) is 0 Å². The van der Waals surface area contributed by atoms with Crippen molar-refractivity contribution in [1.29, 1.82) is 0 Å². The van der Waals surface area contributed by atoms with Gasteiger partial charge in [0.1, 0.15) is 6.61 Å². The smallest absolute Gasteiger partial charge is 0.269 e. The fourth-order valence-electron chi connectivity index (χ4n) is 1.55. The number of ketones is 1. The highest BCUT2D eigenvalue weighted by Crippen LogP contribution is 2.41. The molecule has 0 aromatic heterocycles. The topological polar surface area (TPSA) is 133 Å². The molecule has 0 aliphatic rings. The van der Waals surface area contributed by atoms with Gasteiger partial charge in [0.05, 0.1) is 11.0 Å². The van der Waals surface area contributed by atoms with Crippen LogP contribution in [0.1, 0.15) is 18.1 Å². The number of Topliss-reactive ketones (excluding diaryl/α,β-unsaturated/α-hetero) is 1. The molecule has 110 valence electrons. The molecule has 0 fully saturated rings. The Hall–Kier alpha value is -1.60. The van der Waals surface area contributed by atoms with E-state index in [-0.39, 0.29) is 12.1 Å². The average molecular weight is 302 g/mol. The number of hydrogen-bond acceptors (Lipinski definition) is 6. The summed E-state index contributed by atoms with van der Waals surface area (Å²) < 4.78 is 16.6. The van der Waals surface area contributed by atoms with E-state index in [1.807, 2.05) is 0 Å². The van der Waals surface area contributed by atoms with Crippen LogP contribution in [0.4, 0.5) is 5.69 Å². The Morgan fingerprint density at radius 1 is 1.50 bits per heavy atom. The number of nitrogens with zero attached hydrogens (tertiary/aromatic N) is 1. The normalized spacial score (nSPS) is 15.3. The summed E-state index contributed by atoms with van der Waals surface area (Å²) in [5.74, 6) is -0.512. The molecule has 0 radical (unpaired) electrons. The van der Waals surface area contributed by atoms with E-state index >= 15 is 0 Å². The van der Waals surface area contributed by atoms with Crippen LogP contribution < -0.4 is 5.50 Å². The minimum atomic E-state index is -3.35. The lowest BCUT2D eigenvalue weighted by Gasteiger charge is -2.19. The minimum Gasteiger partial charge on any atom is -0.389 e. The SMILES string of the molecule is CP(N)(=O)OC(CC(=O)CO)c1ccc([N+](=O)[O-])cc1. The molecule has 8 nitrogen and oxygen atoms in total. The Labute approximate surface area is 115 Å². The number of carbonyl (C=O) groups excluding carboxylic acids is 1. The molecule has 9 heteroatoms. The molecule has 0 aliphatic heterocycles. The summed E-state index contributed by atoms with van der Waals surface area (Å²) in [5, 5.41) is 19.3. The van der Waals surface area contributed by atoms with Gasteiger partial charge in [0.15, 0.2) is 5.78 Å². The summed E-state index contributed by atoms with van der Waals surface area (Å²) in [4.78, 5) is 21.3. The van der Waals surface area contributed by atoms with Gasteiger partial charge in [-0.25, -0.2) is 0 Å². The van der Waals surface area contributed by atoms with Crippen LogP contribution in [0.25, 0.3) is 0 Å². The summed E-state index contributed by atoms with van der Waals surface area (Å²) >= 11 is 0. The number of non-ortho nitro benzene ring substituents is 1. The van der Waals surface area contributed by atoms with E-state index in [2.05, 4.69) is 0 Å². The van der Waals surface area contributed by atoms with Gasteiger partial charge in [0.2, 0.25) is 0 Å². The molecule has 1 aromatic rings. The highest BCUT2D eigenvalue weighted by atomic mass is 31.2. The Morgan fingerprint density at radius 2 is 2.05 bits per heavy atom. The van der Waals surface area contributed by atoms with Crippen molar-refractivity contribution in [2.75, 3.05) is 13.3 Å². The number of carbonyl (C=O) groups is 1. The van der Waals surface area contributed by atoms with E-state index < -0.39 is 30.9 Å². The Kier molecular flexibility index (Phi) is 5.52. The van der Waals surface area contributed by atoms with Crippen LogP contribution in [-0.2, 0) is 13.9 Å². The molecule has 0 saturated heterocycles. The van der Waals surface area contributed by atoms with E-state index in [0.717, 1.165) is 0 Å². The molecule has 0 saturated carbocycles. The van der Waals surface area contributed by atoms with Gasteiger partial charge in [0.25, 0.3) is 13.2 Å². The van der Waals surface area contributed by atoms with Gasteiger partial charge >= 0.3 is 0 Å². The molecule has 2 atom stereocenters. The molecular weight excluding hydrogens is 287 g/mol. The van der Waals surface area contributed by atoms with Crippen LogP contribution in [0.15, 0.2) is 24.3 Å². The van der Waals surface area contributed by atoms with Gasteiger partial charge in [-0.05, 0) is 17.7 Å². The summed E-state index contributed by atoms with van der Waals surface area (Å²) in [7, 11) is -3.35. The second-order valence-corrected chi connectivity index (χ2v) is 6.28. The maximum absolute atomic E-state index is 11.5. The predicted molar refractivity (Wildman–Crippen MR) is 71.4 cm³/mol. The van der Waals surface area contributed by atoms with E-state index in [0.29, 0.717) is 5.56 Å². The summed E-state index contributed by atoms with van der Waals surface area (Å²) in [6, 6.07) is 5.27. The zero-order chi connectivity index (χ0) is 15.3. The molecule has 0 spiro atoms. The highest BCUT2D eigenvalue weighted by molar-refractivity contribution is 7.55. The van der Waals surface area contributed by atoms with Crippen molar-refractivity contribution in [3.05, 3.63) is 39.9 Å². The van der Waals surface area contributed by atoms with Crippen molar-refractivity contribution in [1.82, 2.24) is 0 Å². The molecule has 1 rings (SSSR count). The number of nitro groups is 1. The monoisotopic (exact) mass is 302 g/mol. The van der Waals surface area contributed by atoms with Crippen LogP contribution in [0, 0.1) is 10.1 Å². The van der Waals surface area contributed by atoms with Gasteiger partial charge in [0, 0.05) is 25.2 Å². The summed E-state index contributed by atoms with van der Waals surface area (Å²) in [6.07, 6.45) is -1.14. The molecule has 0 bridgehead atoms. The average Bonchev–Trinajstić information content (AvgIpc) is 2.36. The Balaban J connectivity index is 2.99. The van der Waals surface area contributed by atoms with Gasteiger partial charge in [-0.2, -0.15) is 0 Å². The first-order valence-electron chi connectivity index (χ1n) is 5.64. The molecule has 0 heterocycles. The highest BCUT2D eigenvalue weighted by Gasteiger charge is 2.23. The number of nitro benzene ring substituents is 1. The van der Waals surface area contributed by atoms with E-state index in [1.165, 1.54) is 30.9 Å². The first-order chi connectivity index (χ1) is 9.23. The Morgan fingerprint density at radius 3 is 2.45 bits per heavy atom. The van der Waals surface area contributed by atoms with Gasteiger partial charge < -0.3 is 9.63 Å². The summed E-state index contributed by atoms with van der Waals surface area (Å²) in [5.41, 5.74) is 5.62. The third-order valence-electron chi connectivity index (χ3n) is 2.40. The third kappa shape index (κ3) is 5.18. The van der Waals surface area contributed by atoms with Crippen LogP contribution >= 0.6 is 7.52 Å². The van der Waals surface area contributed by atoms with Gasteiger partial charge in [-0.1, -0.05) is 0 Å². The zero-order valence-electron chi connectivity index (χ0n) is 10.8. The van der Waals surface area contributed by atoms with Crippen molar-refractivity contribution < 1.29 is 23.9 Å². The number of nitrogens with two attached hydrogens (primary N) is 1. The van der Waals surface area contributed by atoms with Crippen molar-refractivity contribution in [3.63, 3.8) is 0 Å². The van der Waals surface area contributed by atoms with Gasteiger partial charge in [-0.15, -0.1) is 0 Å². The first-order valence-corrected chi connectivity index (χ1v) is 7.78. The lowest BCUT2D eigenvalue weighted by atomic mass is 10.0. The second-order valence-electron chi connectivity index (χ2n) is 4.25. The Bertz CT molecular complexity index is 538. The second kappa shape index (κ2) is 6.71. The van der Waals surface area contributed by atoms with Crippen molar-refractivity contribution in [3.8, 4) is 0 Å². The van der Waals surface area contributed by atoms with E-state index in [4.69, 9.17) is 15.1 Å². The minimum absolute atomic E-state index is 0.117. The largest absolute Gasteiger partial charge is 0.389 e. The van der Waals surface area contributed by atoms with Crippen LogP contribution in [0.2, 0.25) is 0 Å². The molecule has 3 N–H and O–H groups in total. The van der Waals surface area contributed by atoms with Crippen molar-refractivity contribution in [2.24, 2.45) is 5.50 Å².